The molecule has 0 aromatic rings. The monoisotopic (exact) mass is 264 g/mol. The van der Waals surface area contributed by atoms with Gasteiger partial charge in [-0.3, -0.25) is 0 Å². The van der Waals surface area contributed by atoms with E-state index in [-0.39, 0.29) is 5.75 Å². The number of hydrogen-bond acceptors (Lipinski definition) is 4. The van der Waals surface area contributed by atoms with Crippen LogP contribution in [0.5, 0.6) is 0 Å². The highest BCUT2D eigenvalue weighted by Gasteiger charge is 2.38. The van der Waals surface area contributed by atoms with Crippen molar-refractivity contribution in [1.29, 1.82) is 0 Å². The first kappa shape index (κ1) is 14.9. The summed E-state index contributed by atoms with van der Waals surface area (Å²) in [7, 11) is -3.18. The quantitative estimate of drug-likeness (QED) is 0.707. The van der Waals surface area contributed by atoms with Gasteiger partial charge in [0.25, 0.3) is 0 Å². The van der Waals surface area contributed by atoms with Crippen LogP contribution in [0.15, 0.2) is 0 Å². The van der Waals surface area contributed by atoms with Crippen molar-refractivity contribution in [2.75, 3.05) is 38.6 Å². The second-order valence-electron chi connectivity index (χ2n) is 5.00. The van der Waals surface area contributed by atoms with Crippen LogP contribution in [-0.2, 0) is 14.8 Å². The van der Waals surface area contributed by atoms with Crippen LogP contribution in [-0.4, -0.2) is 56.9 Å². The highest BCUT2D eigenvalue weighted by atomic mass is 32.2. The van der Waals surface area contributed by atoms with Crippen molar-refractivity contribution < 1.29 is 13.2 Å². The maximum atomic E-state index is 12.2. The molecule has 0 saturated carbocycles. The maximum absolute atomic E-state index is 12.2. The second-order valence-corrected chi connectivity index (χ2v) is 7.02. The zero-order valence-electron chi connectivity index (χ0n) is 11.0. The number of rotatable bonds is 6. The van der Waals surface area contributed by atoms with Crippen molar-refractivity contribution >= 4 is 10.0 Å². The van der Waals surface area contributed by atoms with Crippen molar-refractivity contribution in [2.45, 2.75) is 32.7 Å². The van der Waals surface area contributed by atoms with Gasteiger partial charge in [-0.05, 0) is 26.8 Å². The van der Waals surface area contributed by atoms with Gasteiger partial charge in [0, 0.05) is 13.1 Å². The molecule has 0 atom stereocenters. The minimum atomic E-state index is -3.18. The Labute approximate surface area is 105 Å². The van der Waals surface area contributed by atoms with Gasteiger partial charge in [-0.15, -0.1) is 0 Å². The Kier molecular flexibility index (Phi) is 5.37. The summed E-state index contributed by atoms with van der Waals surface area (Å²) in [5, 5.41) is 3.12. The Morgan fingerprint density at radius 1 is 1.35 bits per heavy atom. The first-order chi connectivity index (χ1) is 7.90. The summed E-state index contributed by atoms with van der Waals surface area (Å²) in [6, 6.07) is 0. The standard InChI is InChI=1S/C11H24N2O3S/c1-4-5-12-6-9-17(14,15)13-7-8-16-10-11(13,2)3/h12H,4-10H2,1-3H3. The molecular weight excluding hydrogens is 240 g/mol. The minimum Gasteiger partial charge on any atom is -0.378 e. The third-order valence-corrected chi connectivity index (χ3v) is 4.94. The van der Waals surface area contributed by atoms with Gasteiger partial charge >= 0.3 is 0 Å². The lowest BCUT2D eigenvalue weighted by Gasteiger charge is -2.40. The highest BCUT2D eigenvalue weighted by molar-refractivity contribution is 7.89. The van der Waals surface area contributed by atoms with Crippen LogP contribution in [0, 0.1) is 0 Å². The van der Waals surface area contributed by atoms with Gasteiger partial charge in [0.1, 0.15) is 0 Å². The van der Waals surface area contributed by atoms with E-state index in [0.29, 0.717) is 26.3 Å². The van der Waals surface area contributed by atoms with Crippen LogP contribution in [0.3, 0.4) is 0 Å². The van der Waals surface area contributed by atoms with Crippen molar-refractivity contribution in [2.24, 2.45) is 0 Å². The first-order valence-electron chi connectivity index (χ1n) is 6.19. The van der Waals surface area contributed by atoms with E-state index in [1.807, 2.05) is 13.8 Å². The molecular formula is C11H24N2O3S. The number of nitrogens with zero attached hydrogens (tertiary/aromatic N) is 1. The fourth-order valence-corrected chi connectivity index (χ4v) is 3.75. The first-order valence-corrected chi connectivity index (χ1v) is 7.80. The van der Waals surface area contributed by atoms with Crippen LogP contribution < -0.4 is 5.32 Å². The lowest BCUT2D eigenvalue weighted by molar-refractivity contribution is -0.00766. The average molecular weight is 264 g/mol. The van der Waals surface area contributed by atoms with E-state index >= 15 is 0 Å². The largest absolute Gasteiger partial charge is 0.378 e. The van der Waals surface area contributed by atoms with Gasteiger partial charge in [0.15, 0.2) is 0 Å². The summed E-state index contributed by atoms with van der Waals surface area (Å²) in [5.74, 6) is 0.163. The fraction of sp³-hybridized carbons (Fsp3) is 1.00. The van der Waals surface area contributed by atoms with E-state index in [1.54, 1.807) is 4.31 Å². The number of morpholine rings is 1. The van der Waals surface area contributed by atoms with Crippen LogP contribution in [0.2, 0.25) is 0 Å². The number of hydrogen-bond donors (Lipinski definition) is 1. The third-order valence-electron chi connectivity index (χ3n) is 2.87. The lowest BCUT2D eigenvalue weighted by Crippen LogP contribution is -2.56. The number of nitrogens with one attached hydrogen (secondary N) is 1. The molecule has 0 aromatic carbocycles. The third kappa shape index (κ3) is 4.21. The number of ether oxygens (including phenoxy) is 1. The molecule has 1 fully saturated rings. The van der Waals surface area contributed by atoms with Gasteiger partial charge in [0.2, 0.25) is 10.0 Å². The fourth-order valence-electron chi connectivity index (χ4n) is 1.97. The van der Waals surface area contributed by atoms with Gasteiger partial charge < -0.3 is 10.1 Å². The van der Waals surface area contributed by atoms with E-state index in [1.165, 1.54) is 0 Å². The average Bonchev–Trinajstić information content (AvgIpc) is 2.23. The molecule has 0 amide bonds. The molecule has 1 saturated heterocycles. The topological polar surface area (TPSA) is 58.6 Å². The molecule has 0 aromatic heterocycles. The second kappa shape index (κ2) is 6.13. The van der Waals surface area contributed by atoms with Crippen LogP contribution >= 0.6 is 0 Å². The molecule has 5 nitrogen and oxygen atoms in total. The molecule has 0 aliphatic carbocycles. The smallest absolute Gasteiger partial charge is 0.215 e. The van der Waals surface area contributed by atoms with E-state index in [2.05, 4.69) is 12.2 Å². The molecule has 1 aliphatic rings. The zero-order chi connectivity index (χ0) is 12.9. The Hall–Kier alpha value is -0.170. The molecule has 17 heavy (non-hydrogen) atoms. The summed E-state index contributed by atoms with van der Waals surface area (Å²) in [6.07, 6.45) is 1.02. The van der Waals surface area contributed by atoms with Gasteiger partial charge in [-0.25, -0.2) is 8.42 Å². The van der Waals surface area contributed by atoms with Crippen molar-refractivity contribution in [3.05, 3.63) is 0 Å². The van der Waals surface area contributed by atoms with Gasteiger partial charge in [-0.1, -0.05) is 6.92 Å². The summed E-state index contributed by atoms with van der Waals surface area (Å²) in [5.41, 5.74) is -0.429. The Morgan fingerprint density at radius 3 is 2.65 bits per heavy atom. The van der Waals surface area contributed by atoms with Crippen molar-refractivity contribution in [3.63, 3.8) is 0 Å². The summed E-state index contributed by atoms with van der Waals surface area (Å²) in [4.78, 5) is 0. The Balaban J connectivity index is 2.56. The summed E-state index contributed by atoms with van der Waals surface area (Å²) >= 11 is 0. The van der Waals surface area contributed by atoms with Crippen molar-refractivity contribution in [1.82, 2.24) is 9.62 Å². The highest BCUT2D eigenvalue weighted by Crippen LogP contribution is 2.22. The van der Waals surface area contributed by atoms with Crippen LogP contribution in [0.1, 0.15) is 27.2 Å². The van der Waals surface area contributed by atoms with Crippen molar-refractivity contribution in [3.8, 4) is 0 Å². The SMILES string of the molecule is CCCNCCS(=O)(=O)N1CCOCC1(C)C. The molecule has 0 bridgehead atoms. The molecule has 102 valence electrons. The maximum Gasteiger partial charge on any atom is 0.215 e. The molecule has 0 radical (unpaired) electrons. The predicted octanol–water partition coefficient (Wildman–Crippen LogP) is 0.427. The van der Waals surface area contributed by atoms with Crippen LogP contribution in [0.25, 0.3) is 0 Å². The molecule has 6 heteroatoms. The Bertz CT molecular complexity index is 328. The predicted molar refractivity (Wildman–Crippen MR) is 68.6 cm³/mol. The van der Waals surface area contributed by atoms with E-state index in [0.717, 1.165) is 13.0 Å². The lowest BCUT2D eigenvalue weighted by atomic mass is 10.1. The normalized spacial score (nSPS) is 21.6. The number of sulfonamides is 1. The minimum absolute atomic E-state index is 0.163. The molecule has 0 unspecified atom stereocenters. The molecule has 1 N–H and O–H groups in total. The van der Waals surface area contributed by atoms with E-state index in [9.17, 15) is 8.42 Å². The zero-order valence-corrected chi connectivity index (χ0v) is 11.8. The molecule has 1 rings (SSSR count). The van der Waals surface area contributed by atoms with Crippen LogP contribution in [0.4, 0.5) is 0 Å². The molecule has 0 spiro atoms. The summed E-state index contributed by atoms with van der Waals surface area (Å²) in [6.45, 7) is 8.67. The van der Waals surface area contributed by atoms with E-state index in [4.69, 9.17) is 4.74 Å². The Morgan fingerprint density at radius 2 is 2.06 bits per heavy atom. The molecule has 1 aliphatic heterocycles. The van der Waals surface area contributed by atoms with Gasteiger partial charge in [-0.2, -0.15) is 4.31 Å². The van der Waals surface area contributed by atoms with E-state index < -0.39 is 15.6 Å². The molecule has 1 heterocycles. The summed E-state index contributed by atoms with van der Waals surface area (Å²) < 4.78 is 31.3. The van der Waals surface area contributed by atoms with Gasteiger partial charge in [0.05, 0.1) is 24.5 Å².